The smallest absolute Gasteiger partial charge is 0.241 e. The molecule has 0 aromatic heterocycles. The highest BCUT2D eigenvalue weighted by Crippen LogP contribution is 2.21. The monoisotopic (exact) mass is 261 g/mol. The van der Waals surface area contributed by atoms with Gasteiger partial charge in [-0.2, -0.15) is 0 Å². The Morgan fingerprint density at radius 1 is 1.42 bits per heavy atom. The van der Waals surface area contributed by atoms with Gasteiger partial charge in [-0.15, -0.1) is 0 Å². The zero-order chi connectivity index (χ0) is 13.7. The molecule has 19 heavy (non-hydrogen) atoms. The van der Waals surface area contributed by atoms with Gasteiger partial charge in [0.2, 0.25) is 5.91 Å². The van der Waals surface area contributed by atoms with E-state index in [2.05, 4.69) is 35.6 Å². The predicted octanol–water partition coefficient (Wildman–Crippen LogP) is 1.48. The number of amides is 1. The molecule has 0 fully saturated rings. The Morgan fingerprint density at radius 2 is 2.21 bits per heavy atom. The van der Waals surface area contributed by atoms with Crippen LogP contribution >= 0.6 is 0 Å². The lowest BCUT2D eigenvalue weighted by molar-refractivity contribution is -0.118. The van der Waals surface area contributed by atoms with E-state index >= 15 is 0 Å². The normalized spacial score (nSPS) is 18.9. The van der Waals surface area contributed by atoms with Crippen molar-refractivity contribution in [3.8, 4) is 0 Å². The third kappa shape index (κ3) is 3.78. The first-order chi connectivity index (χ1) is 9.20. The van der Waals surface area contributed by atoms with E-state index < -0.39 is 0 Å². The molecule has 1 amide bonds. The minimum absolute atomic E-state index is 0.0855. The number of likely N-dealkylation sites (N-methyl/N-ethyl adjacent to an activating group) is 1. The molecule has 4 heteroatoms. The molecular formula is C15H23N3O. The summed E-state index contributed by atoms with van der Waals surface area (Å²) in [6, 6.07) is 7.96. The SMILES string of the molecule is CCN(C)CCNC1CCc2ccccc2NC1=O. The second kappa shape index (κ2) is 6.68. The van der Waals surface area contributed by atoms with E-state index in [0.29, 0.717) is 0 Å². The average molecular weight is 261 g/mol. The van der Waals surface area contributed by atoms with Crippen molar-refractivity contribution >= 4 is 11.6 Å². The number of benzene rings is 1. The zero-order valence-corrected chi connectivity index (χ0v) is 11.8. The van der Waals surface area contributed by atoms with Crippen molar-refractivity contribution in [3.63, 3.8) is 0 Å². The number of nitrogens with one attached hydrogen (secondary N) is 2. The Morgan fingerprint density at radius 3 is 3.00 bits per heavy atom. The maximum atomic E-state index is 12.1. The largest absolute Gasteiger partial charge is 0.324 e. The van der Waals surface area contributed by atoms with Crippen LogP contribution in [0.3, 0.4) is 0 Å². The molecule has 0 radical (unpaired) electrons. The first kappa shape index (κ1) is 14.0. The van der Waals surface area contributed by atoms with Crippen molar-refractivity contribution in [1.82, 2.24) is 10.2 Å². The van der Waals surface area contributed by atoms with E-state index in [1.807, 2.05) is 18.2 Å². The fourth-order valence-electron chi connectivity index (χ4n) is 2.29. The summed E-state index contributed by atoms with van der Waals surface area (Å²) in [4.78, 5) is 14.4. The summed E-state index contributed by atoms with van der Waals surface area (Å²) in [5.74, 6) is 0.0871. The maximum absolute atomic E-state index is 12.1. The third-order valence-electron chi connectivity index (χ3n) is 3.72. The predicted molar refractivity (Wildman–Crippen MR) is 78.4 cm³/mol. The molecule has 0 aliphatic carbocycles. The van der Waals surface area contributed by atoms with Crippen molar-refractivity contribution in [2.75, 3.05) is 32.0 Å². The van der Waals surface area contributed by atoms with E-state index in [9.17, 15) is 4.79 Å². The molecule has 1 aromatic rings. The number of nitrogens with zero attached hydrogens (tertiary/aromatic N) is 1. The first-order valence-electron chi connectivity index (χ1n) is 7.01. The number of carbonyl (C=O) groups excluding carboxylic acids is 1. The second-order valence-electron chi connectivity index (χ2n) is 5.09. The minimum Gasteiger partial charge on any atom is -0.324 e. The second-order valence-corrected chi connectivity index (χ2v) is 5.09. The topological polar surface area (TPSA) is 44.4 Å². The lowest BCUT2D eigenvalue weighted by atomic mass is 10.1. The highest BCUT2D eigenvalue weighted by molar-refractivity contribution is 5.96. The maximum Gasteiger partial charge on any atom is 0.241 e. The van der Waals surface area contributed by atoms with Crippen LogP contribution in [0.4, 0.5) is 5.69 Å². The van der Waals surface area contributed by atoms with Gasteiger partial charge in [0.05, 0.1) is 6.04 Å². The quantitative estimate of drug-likeness (QED) is 0.844. The summed E-state index contributed by atoms with van der Waals surface area (Å²) in [5.41, 5.74) is 2.19. The van der Waals surface area contributed by atoms with Crippen molar-refractivity contribution in [2.45, 2.75) is 25.8 Å². The molecule has 2 rings (SSSR count). The number of fused-ring (bicyclic) bond motifs is 1. The number of rotatable bonds is 5. The number of anilines is 1. The fraction of sp³-hybridized carbons (Fsp3) is 0.533. The summed E-state index contributed by atoms with van der Waals surface area (Å²) in [5, 5.41) is 6.37. The van der Waals surface area contributed by atoms with Crippen molar-refractivity contribution in [1.29, 1.82) is 0 Å². The standard InChI is InChI=1S/C15H23N3O/c1-3-18(2)11-10-16-14-9-8-12-6-4-5-7-13(12)17-15(14)19/h4-7,14,16H,3,8-11H2,1-2H3,(H,17,19). The highest BCUT2D eigenvalue weighted by atomic mass is 16.2. The Balaban J connectivity index is 1.90. The van der Waals surface area contributed by atoms with E-state index in [-0.39, 0.29) is 11.9 Å². The van der Waals surface area contributed by atoms with Crippen molar-refractivity contribution in [3.05, 3.63) is 29.8 Å². The van der Waals surface area contributed by atoms with Gasteiger partial charge in [-0.1, -0.05) is 25.1 Å². The molecular weight excluding hydrogens is 238 g/mol. The van der Waals surface area contributed by atoms with Crippen LogP contribution in [0.1, 0.15) is 18.9 Å². The number of hydrogen-bond donors (Lipinski definition) is 2. The van der Waals surface area contributed by atoms with Crippen LogP contribution in [0.5, 0.6) is 0 Å². The number of carbonyl (C=O) groups is 1. The van der Waals surface area contributed by atoms with Gasteiger partial charge in [0.25, 0.3) is 0 Å². The van der Waals surface area contributed by atoms with Crippen LogP contribution in [0.15, 0.2) is 24.3 Å². The summed E-state index contributed by atoms with van der Waals surface area (Å²) in [6.07, 6.45) is 1.80. The molecule has 1 aromatic carbocycles. The molecule has 4 nitrogen and oxygen atoms in total. The van der Waals surface area contributed by atoms with Gasteiger partial charge in [-0.3, -0.25) is 4.79 Å². The molecule has 1 aliphatic rings. The van der Waals surface area contributed by atoms with Crippen LogP contribution in [0, 0.1) is 0 Å². The molecule has 0 saturated carbocycles. The third-order valence-corrected chi connectivity index (χ3v) is 3.72. The molecule has 0 bridgehead atoms. The van der Waals surface area contributed by atoms with Crippen LogP contribution in [-0.2, 0) is 11.2 Å². The molecule has 1 unspecified atom stereocenters. The van der Waals surface area contributed by atoms with E-state index in [1.165, 1.54) is 5.56 Å². The van der Waals surface area contributed by atoms with Gasteiger partial charge in [0.15, 0.2) is 0 Å². The van der Waals surface area contributed by atoms with Gasteiger partial charge in [-0.05, 0) is 38.1 Å². The molecule has 0 saturated heterocycles. The molecule has 1 aliphatic heterocycles. The number of aryl methyl sites for hydroxylation is 1. The Bertz CT molecular complexity index is 433. The average Bonchev–Trinajstić information content (AvgIpc) is 2.58. The van der Waals surface area contributed by atoms with Crippen LogP contribution in [-0.4, -0.2) is 43.5 Å². The number of hydrogen-bond acceptors (Lipinski definition) is 3. The summed E-state index contributed by atoms with van der Waals surface area (Å²) in [6.45, 7) is 4.98. The lowest BCUT2D eigenvalue weighted by Crippen LogP contribution is -2.42. The Hall–Kier alpha value is -1.39. The Labute approximate surface area is 115 Å². The molecule has 104 valence electrons. The van der Waals surface area contributed by atoms with Gasteiger partial charge in [0, 0.05) is 18.8 Å². The molecule has 1 heterocycles. The Kier molecular flexibility index (Phi) is 4.93. The van der Waals surface area contributed by atoms with Gasteiger partial charge < -0.3 is 15.5 Å². The van der Waals surface area contributed by atoms with Crippen LogP contribution < -0.4 is 10.6 Å². The zero-order valence-electron chi connectivity index (χ0n) is 11.8. The van der Waals surface area contributed by atoms with Gasteiger partial charge in [0.1, 0.15) is 0 Å². The van der Waals surface area contributed by atoms with Crippen LogP contribution in [0.25, 0.3) is 0 Å². The summed E-state index contributed by atoms with van der Waals surface area (Å²) >= 11 is 0. The van der Waals surface area contributed by atoms with Crippen molar-refractivity contribution in [2.24, 2.45) is 0 Å². The molecule has 0 spiro atoms. The fourth-order valence-corrected chi connectivity index (χ4v) is 2.29. The van der Waals surface area contributed by atoms with Crippen molar-refractivity contribution < 1.29 is 4.79 Å². The summed E-state index contributed by atoms with van der Waals surface area (Å²) in [7, 11) is 2.09. The van der Waals surface area contributed by atoms with Crippen LogP contribution in [0.2, 0.25) is 0 Å². The van der Waals surface area contributed by atoms with E-state index in [4.69, 9.17) is 0 Å². The lowest BCUT2D eigenvalue weighted by Gasteiger charge is -2.18. The first-order valence-corrected chi connectivity index (χ1v) is 7.01. The van der Waals surface area contributed by atoms with Gasteiger partial charge >= 0.3 is 0 Å². The number of para-hydroxylation sites is 1. The highest BCUT2D eigenvalue weighted by Gasteiger charge is 2.22. The summed E-state index contributed by atoms with van der Waals surface area (Å²) < 4.78 is 0. The molecule has 2 N–H and O–H groups in total. The van der Waals surface area contributed by atoms with E-state index in [1.54, 1.807) is 0 Å². The van der Waals surface area contributed by atoms with Gasteiger partial charge in [-0.25, -0.2) is 0 Å². The van der Waals surface area contributed by atoms with E-state index in [0.717, 1.165) is 38.2 Å². The minimum atomic E-state index is -0.0855. The molecule has 1 atom stereocenters.